The van der Waals surface area contributed by atoms with Crippen molar-refractivity contribution >= 4 is 50.7 Å². The van der Waals surface area contributed by atoms with E-state index in [0.29, 0.717) is 11.4 Å². The molecule has 1 atom stereocenters. The molecule has 0 aromatic heterocycles. The van der Waals surface area contributed by atoms with Crippen LogP contribution in [0.25, 0.3) is 0 Å². The van der Waals surface area contributed by atoms with Gasteiger partial charge in [0.25, 0.3) is 0 Å². The second-order valence-electron chi connectivity index (χ2n) is 9.15. The molecule has 0 spiro atoms. The maximum Gasteiger partial charge on any atom is 0.244 e. The number of rotatable bonds is 11. The zero-order valence-corrected chi connectivity index (χ0v) is 23.6. The first-order chi connectivity index (χ1) is 17.5. The third-order valence-electron chi connectivity index (χ3n) is 6.44. The Morgan fingerprint density at radius 1 is 1.08 bits per heavy atom. The smallest absolute Gasteiger partial charge is 0.244 e. The van der Waals surface area contributed by atoms with Crippen LogP contribution in [0.3, 0.4) is 0 Å². The number of benzene rings is 2. The standard InChI is InChI=1S/C26H33Cl2N3O5S/c1-4-22(26(33)29-21-7-5-6-8-21)30(16-18-9-11-19(27)12-10-18)25(32)17-31(37(3,34)35)23-15-20(28)13-14-24(23)36-2/h9-15,21-22H,4-8,16-17H2,1-3H3,(H,29,33). The predicted octanol–water partition coefficient (Wildman–Crippen LogP) is 4.63. The number of amides is 2. The van der Waals surface area contributed by atoms with E-state index in [2.05, 4.69) is 5.32 Å². The Balaban J connectivity index is 1.96. The number of nitrogens with one attached hydrogen (secondary N) is 1. The second kappa shape index (κ2) is 12.8. The number of carbonyl (C=O) groups excluding carboxylic acids is 2. The fourth-order valence-corrected chi connectivity index (χ4v) is 5.66. The van der Waals surface area contributed by atoms with Gasteiger partial charge in [-0.1, -0.05) is 55.1 Å². The zero-order chi connectivity index (χ0) is 27.2. The summed E-state index contributed by atoms with van der Waals surface area (Å²) in [6.07, 6.45) is 5.29. The molecule has 2 aromatic carbocycles. The van der Waals surface area contributed by atoms with E-state index < -0.39 is 28.5 Å². The fourth-order valence-electron chi connectivity index (χ4n) is 4.53. The van der Waals surface area contributed by atoms with Crippen LogP contribution in [0.2, 0.25) is 10.0 Å². The number of halogens is 2. The molecule has 0 heterocycles. The molecule has 202 valence electrons. The molecule has 0 radical (unpaired) electrons. The van der Waals surface area contributed by atoms with Gasteiger partial charge in [0.15, 0.2) is 0 Å². The maximum absolute atomic E-state index is 13.8. The third kappa shape index (κ3) is 7.75. The minimum Gasteiger partial charge on any atom is -0.495 e. The molecule has 11 heteroatoms. The van der Waals surface area contributed by atoms with Crippen molar-refractivity contribution in [3.63, 3.8) is 0 Å². The van der Waals surface area contributed by atoms with Crippen LogP contribution < -0.4 is 14.4 Å². The highest BCUT2D eigenvalue weighted by atomic mass is 35.5. The summed E-state index contributed by atoms with van der Waals surface area (Å²) in [6.45, 7) is 1.41. The maximum atomic E-state index is 13.8. The van der Waals surface area contributed by atoms with Gasteiger partial charge >= 0.3 is 0 Å². The lowest BCUT2D eigenvalue weighted by Crippen LogP contribution is -2.53. The molecule has 1 saturated carbocycles. The van der Waals surface area contributed by atoms with Crippen LogP contribution in [0.15, 0.2) is 42.5 Å². The van der Waals surface area contributed by atoms with Gasteiger partial charge in [0.05, 0.1) is 19.1 Å². The van der Waals surface area contributed by atoms with E-state index in [1.54, 1.807) is 30.3 Å². The lowest BCUT2D eigenvalue weighted by molar-refractivity contribution is -0.140. The third-order valence-corrected chi connectivity index (χ3v) is 8.06. The molecule has 1 N–H and O–H groups in total. The first-order valence-corrected chi connectivity index (χ1v) is 14.8. The number of methoxy groups -OCH3 is 1. The van der Waals surface area contributed by atoms with Crippen LogP contribution in [0, 0.1) is 0 Å². The average molecular weight is 571 g/mol. The summed E-state index contributed by atoms with van der Waals surface area (Å²) >= 11 is 12.2. The molecule has 0 saturated heterocycles. The SMILES string of the molecule is CCC(C(=O)NC1CCCC1)N(Cc1ccc(Cl)cc1)C(=O)CN(c1cc(Cl)ccc1OC)S(C)(=O)=O. The molecule has 1 aliphatic carbocycles. The van der Waals surface area contributed by atoms with Crippen molar-refractivity contribution in [3.05, 3.63) is 58.1 Å². The highest BCUT2D eigenvalue weighted by Gasteiger charge is 2.33. The van der Waals surface area contributed by atoms with E-state index in [1.165, 1.54) is 24.1 Å². The zero-order valence-electron chi connectivity index (χ0n) is 21.2. The van der Waals surface area contributed by atoms with Crippen LogP contribution in [0.4, 0.5) is 5.69 Å². The van der Waals surface area contributed by atoms with Crippen molar-refractivity contribution in [1.29, 1.82) is 0 Å². The number of carbonyl (C=O) groups is 2. The number of hydrogen-bond acceptors (Lipinski definition) is 5. The van der Waals surface area contributed by atoms with Crippen molar-refractivity contribution in [2.45, 2.75) is 57.7 Å². The highest BCUT2D eigenvalue weighted by molar-refractivity contribution is 7.92. The topological polar surface area (TPSA) is 96.0 Å². The van der Waals surface area contributed by atoms with Gasteiger partial charge in [0.1, 0.15) is 18.3 Å². The fraction of sp³-hybridized carbons (Fsp3) is 0.462. The van der Waals surface area contributed by atoms with Gasteiger partial charge in [-0.25, -0.2) is 8.42 Å². The Kier molecular flexibility index (Phi) is 10.1. The number of sulfonamides is 1. The van der Waals surface area contributed by atoms with Crippen molar-refractivity contribution in [2.75, 3.05) is 24.2 Å². The predicted molar refractivity (Wildman–Crippen MR) is 147 cm³/mol. The van der Waals surface area contributed by atoms with Crippen LogP contribution in [-0.4, -0.2) is 57.1 Å². The molecule has 2 aromatic rings. The summed E-state index contributed by atoms with van der Waals surface area (Å²) in [5, 5.41) is 3.91. The van der Waals surface area contributed by atoms with Gasteiger partial charge in [-0.2, -0.15) is 0 Å². The van der Waals surface area contributed by atoms with Crippen molar-refractivity contribution < 1.29 is 22.7 Å². The summed E-state index contributed by atoms with van der Waals surface area (Å²) in [6, 6.07) is 10.8. The van der Waals surface area contributed by atoms with E-state index in [4.69, 9.17) is 27.9 Å². The number of anilines is 1. The van der Waals surface area contributed by atoms with E-state index in [1.807, 2.05) is 6.92 Å². The molecule has 1 unspecified atom stereocenters. The van der Waals surface area contributed by atoms with Gasteiger partial charge in [-0.15, -0.1) is 0 Å². The normalized spacial score (nSPS) is 14.7. The first kappa shape index (κ1) is 29.1. The van der Waals surface area contributed by atoms with Crippen LogP contribution >= 0.6 is 23.2 Å². The highest BCUT2D eigenvalue weighted by Crippen LogP contribution is 2.33. The minimum absolute atomic E-state index is 0.0808. The van der Waals surface area contributed by atoms with Crippen molar-refractivity contribution in [3.8, 4) is 5.75 Å². The quantitative estimate of drug-likeness (QED) is 0.425. The first-order valence-electron chi connectivity index (χ1n) is 12.2. The van der Waals surface area contributed by atoms with Crippen LogP contribution in [0.5, 0.6) is 5.75 Å². The largest absolute Gasteiger partial charge is 0.495 e. The molecule has 3 rings (SSSR count). The number of hydrogen-bond donors (Lipinski definition) is 1. The molecular formula is C26H33Cl2N3O5S. The molecule has 0 aliphatic heterocycles. The lowest BCUT2D eigenvalue weighted by atomic mass is 10.1. The molecular weight excluding hydrogens is 537 g/mol. The minimum atomic E-state index is -3.92. The van der Waals surface area contributed by atoms with Gasteiger partial charge in [0.2, 0.25) is 21.8 Å². The summed E-state index contributed by atoms with van der Waals surface area (Å²) in [5.41, 5.74) is 0.900. The second-order valence-corrected chi connectivity index (χ2v) is 11.9. The van der Waals surface area contributed by atoms with Gasteiger partial charge in [-0.05, 0) is 55.2 Å². The monoisotopic (exact) mass is 569 g/mol. The Morgan fingerprint density at radius 2 is 1.70 bits per heavy atom. The van der Waals surface area contributed by atoms with Gasteiger partial charge in [0, 0.05) is 22.6 Å². The Bertz CT molecular complexity index is 1200. The molecule has 0 bridgehead atoms. The molecule has 1 fully saturated rings. The van der Waals surface area contributed by atoms with Crippen molar-refractivity contribution in [2.24, 2.45) is 0 Å². The summed E-state index contributed by atoms with van der Waals surface area (Å²) in [5.74, 6) is -0.531. The summed E-state index contributed by atoms with van der Waals surface area (Å²) in [4.78, 5) is 28.6. The van der Waals surface area contributed by atoms with E-state index >= 15 is 0 Å². The molecule has 8 nitrogen and oxygen atoms in total. The summed E-state index contributed by atoms with van der Waals surface area (Å²) < 4.78 is 32.0. The number of nitrogens with zero attached hydrogens (tertiary/aromatic N) is 2. The Hall–Kier alpha value is -2.49. The average Bonchev–Trinajstić information content (AvgIpc) is 3.35. The van der Waals surface area contributed by atoms with Crippen LogP contribution in [-0.2, 0) is 26.2 Å². The molecule has 37 heavy (non-hydrogen) atoms. The molecule has 2 amide bonds. The Labute approximate surface area is 228 Å². The number of ether oxygens (including phenoxy) is 1. The van der Waals surface area contributed by atoms with E-state index in [9.17, 15) is 18.0 Å². The van der Waals surface area contributed by atoms with E-state index in [0.717, 1.165) is 41.8 Å². The van der Waals surface area contributed by atoms with Crippen LogP contribution in [0.1, 0.15) is 44.6 Å². The van der Waals surface area contributed by atoms with E-state index in [-0.39, 0.29) is 35.0 Å². The Morgan fingerprint density at radius 3 is 2.27 bits per heavy atom. The summed E-state index contributed by atoms with van der Waals surface area (Å²) in [7, 11) is -2.51. The van der Waals surface area contributed by atoms with Gasteiger partial charge < -0.3 is 15.0 Å². The van der Waals surface area contributed by atoms with Gasteiger partial charge in [-0.3, -0.25) is 13.9 Å². The van der Waals surface area contributed by atoms with Crippen molar-refractivity contribution in [1.82, 2.24) is 10.2 Å². The molecule has 1 aliphatic rings. The lowest BCUT2D eigenvalue weighted by Gasteiger charge is -2.33.